The predicted octanol–water partition coefficient (Wildman–Crippen LogP) is 5.12. The molecule has 1 unspecified atom stereocenters. The minimum absolute atomic E-state index is 0.101. The Labute approximate surface area is 241 Å². The SMILES string of the molecule is CCNC(=O)C(C)N(Cc1ccc(OC)cc1)C(=O)CN(c1cc(C(F)(F)F)ccc1Cl)S(=O)(=O)c1ccccc1. The van der Waals surface area contributed by atoms with Crippen LogP contribution in [0.15, 0.2) is 77.7 Å². The van der Waals surface area contributed by atoms with Gasteiger partial charge >= 0.3 is 6.18 Å². The highest BCUT2D eigenvalue weighted by Gasteiger charge is 2.36. The topological polar surface area (TPSA) is 96.0 Å². The molecule has 0 saturated heterocycles. The Morgan fingerprint density at radius 2 is 1.66 bits per heavy atom. The molecule has 3 rings (SSSR count). The highest BCUT2D eigenvalue weighted by molar-refractivity contribution is 7.92. The summed E-state index contributed by atoms with van der Waals surface area (Å²) in [7, 11) is -3.10. The minimum atomic E-state index is -4.81. The first kappa shape index (κ1) is 31.8. The molecule has 8 nitrogen and oxygen atoms in total. The average molecular weight is 612 g/mol. The van der Waals surface area contributed by atoms with Crippen molar-refractivity contribution in [3.8, 4) is 5.75 Å². The maximum Gasteiger partial charge on any atom is 0.416 e. The van der Waals surface area contributed by atoms with Crippen LogP contribution in [0.4, 0.5) is 18.9 Å². The van der Waals surface area contributed by atoms with Gasteiger partial charge < -0.3 is 15.0 Å². The van der Waals surface area contributed by atoms with Crippen molar-refractivity contribution < 1.29 is 35.9 Å². The summed E-state index contributed by atoms with van der Waals surface area (Å²) in [6, 6.07) is 14.8. The van der Waals surface area contributed by atoms with Gasteiger partial charge in [-0.25, -0.2) is 8.42 Å². The highest BCUT2D eigenvalue weighted by Crippen LogP contribution is 2.37. The number of rotatable bonds is 11. The molecule has 13 heteroatoms. The van der Waals surface area contributed by atoms with Gasteiger partial charge in [0.2, 0.25) is 11.8 Å². The standard InChI is InChI=1S/C28H29ClF3N3O5S/c1-4-33-27(37)19(2)34(17-20-10-13-22(40-3)14-11-20)26(36)18-35(41(38,39)23-8-6-5-7-9-23)25-16-21(28(30,31)32)12-15-24(25)29/h5-16,19H,4,17-18H2,1-3H3,(H,33,37). The van der Waals surface area contributed by atoms with Gasteiger partial charge in [0.15, 0.2) is 0 Å². The van der Waals surface area contributed by atoms with Crippen molar-refractivity contribution >= 4 is 39.1 Å². The molecule has 0 radical (unpaired) electrons. The Hall–Kier alpha value is -3.77. The Kier molecular flexibility index (Phi) is 10.3. The molecule has 0 aromatic heterocycles. The third-order valence-electron chi connectivity index (χ3n) is 6.18. The molecule has 0 spiro atoms. The van der Waals surface area contributed by atoms with Crippen LogP contribution in [0.2, 0.25) is 5.02 Å². The van der Waals surface area contributed by atoms with Crippen LogP contribution in [-0.4, -0.2) is 51.4 Å². The zero-order chi connectivity index (χ0) is 30.4. The van der Waals surface area contributed by atoms with Crippen molar-refractivity contribution in [3.63, 3.8) is 0 Å². The zero-order valence-electron chi connectivity index (χ0n) is 22.5. The molecule has 0 fully saturated rings. The van der Waals surface area contributed by atoms with Crippen molar-refractivity contribution in [2.45, 2.75) is 37.5 Å². The maximum absolute atomic E-state index is 13.8. The van der Waals surface area contributed by atoms with Gasteiger partial charge in [-0.05, 0) is 61.9 Å². The summed E-state index contributed by atoms with van der Waals surface area (Å²) < 4.78 is 74.0. The van der Waals surface area contributed by atoms with E-state index in [0.717, 1.165) is 11.0 Å². The molecule has 0 aliphatic heterocycles. The predicted molar refractivity (Wildman–Crippen MR) is 149 cm³/mol. The summed E-state index contributed by atoms with van der Waals surface area (Å²) in [6.45, 7) is 2.42. The first-order valence-corrected chi connectivity index (χ1v) is 14.3. The van der Waals surface area contributed by atoms with Gasteiger partial charge in [-0.15, -0.1) is 0 Å². The largest absolute Gasteiger partial charge is 0.497 e. The van der Waals surface area contributed by atoms with Gasteiger partial charge in [-0.1, -0.05) is 41.9 Å². The second-order valence-electron chi connectivity index (χ2n) is 8.93. The molecular weight excluding hydrogens is 583 g/mol. The van der Waals surface area contributed by atoms with Crippen LogP contribution in [0.5, 0.6) is 5.75 Å². The van der Waals surface area contributed by atoms with Crippen LogP contribution in [0, 0.1) is 0 Å². The maximum atomic E-state index is 13.8. The van der Waals surface area contributed by atoms with E-state index in [0.29, 0.717) is 27.8 Å². The van der Waals surface area contributed by atoms with Gasteiger partial charge in [-0.2, -0.15) is 13.2 Å². The summed E-state index contributed by atoms with van der Waals surface area (Å²) in [5, 5.41) is 2.31. The fourth-order valence-electron chi connectivity index (χ4n) is 3.95. The number of alkyl halides is 3. The lowest BCUT2D eigenvalue weighted by Gasteiger charge is -2.32. The minimum Gasteiger partial charge on any atom is -0.497 e. The molecule has 3 aromatic rings. The third-order valence-corrected chi connectivity index (χ3v) is 8.28. The van der Waals surface area contributed by atoms with Gasteiger partial charge in [-0.3, -0.25) is 13.9 Å². The molecule has 1 N–H and O–H groups in total. The van der Waals surface area contributed by atoms with E-state index in [1.54, 1.807) is 37.3 Å². The number of anilines is 1. The monoisotopic (exact) mass is 611 g/mol. The number of sulfonamides is 1. The van der Waals surface area contributed by atoms with Crippen molar-refractivity contribution in [1.82, 2.24) is 10.2 Å². The molecule has 2 amide bonds. The molecule has 0 saturated carbocycles. The van der Waals surface area contributed by atoms with Crippen LogP contribution in [-0.2, 0) is 32.3 Å². The summed E-state index contributed by atoms with van der Waals surface area (Å²) >= 11 is 6.24. The van der Waals surface area contributed by atoms with E-state index in [-0.39, 0.29) is 23.0 Å². The Morgan fingerprint density at radius 1 is 1.02 bits per heavy atom. The number of likely N-dealkylation sites (N-methyl/N-ethyl adjacent to an activating group) is 1. The van der Waals surface area contributed by atoms with Crippen molar-refractivity contribution in [1.29, 1.82) is 0 Å². The zero-order valence-corrected chi connectivity index (χ0v) is 24.1. The molecular formula is C28H29ClF3N3O5S. The number of carbonyl (C=O) groups is 2. The van der Waals surface area contributed by atoms with Crippen LogP contribution >= 0.6 is 11.6 Å². The van der Waals surface area contributed by atoms with Crippen molar-refractivity contribution in [3.05, 3.63) is 88.9 Å². The van der Waals surface area contributed by atoms with E-state index in [4.69, 9.17) is 16.3 Å². The lowest BCUT2D eigenvalue weighted by atomic mass is 10.1. The number of methoxy groups -OCH3 is 1. The molecule has 3 aromatic carbocycles. The number of hydrogen-bond donors (Lipinski definition) is 1. The Bertz CT molecular complexity index is 1470. The van der Waals surface area contributed by atoms with Gasteiger partial charge in [0.25, 0.3) is 10.0 Å². The Balaban J connectivity index is 2.11. The smallest absolute Gasteiger partial charge is 0.416 e. The fraction of sp³-hybridized carbons (Fsp3) is 0.286. The molecule has 0 aliphatic rings. The first-order valence-electron chi connectivity index (χ1n) is 12.4. The number of benzene rings is 3. The molecule has 0 bridgehead atoms. The van der Waals surface area contributed by atoms with Crippen molar-refractivity contribution in [2.75, 3.05) is 24.5 Å². The molecule has 41 heavy (non-hydrogen) atoms. The number of amides is 2. The summed E-state index contributed by atoms with van der Waals surface area (Å²) in [4.78, 5) is 27.5. The molecule has 220 valence electrons. The quantitative estimate of drug-likeness (QED) is 0.325. The number of hydrogen-bond acceptors (Lipinski definition) is 5. The average Bonchev–Trinajstić information content (AvgIpc) is 2.94. The van der Waals surface area contributed by atoms with E-state index in [9.17, 15) is 31.2 Å². The summed E-state index contributed by atoms with van der Waals surface area (Å²) in [5.74, 6) is -0.779. The number of halogens is 4. The number of ether oxygens (including phenoxy) is 1. The number of nitrogens with one attached hydrogen (secondary N) is 1. The fourth-order valence-corrected chi connectivity index (χ4v) is 5.66. The lowest BCUT2D eigenvalue weighted by molar-refractivity contribution is -0.139. The van der Waals surface area contributed by atoms with E-state index >= 15 is 0 Å². The second-order valence-corrected chi connectivity index (χ2v) is 11.2. The van der Waals surface area contributed by atoms with Crippen LogP contribution in [0.25, 0.3) is 0 Å². The van der Waals surface area contributed by atoms with Gasteiger partial charge in [0.1, 0.15) is 18.3 Å². The Morgan fingerprint density at radius 3 is 2.22 bits per heavy atom. The van der Waals surface area contributed by atoms with Gasteiger partial charge in [0.05, 0.1) is 28.3 Å². The highest BCUT2D eigenvalue weighted by atomic mass is 35.5. The lowest BCUT2D eigenvalue weighted by Crippen LogP contribution is -2.51. The van der Waals surface area contributed by atoms with Crippen LogP contribution in [0.1, 0.15) is 25.0 Å². The third kappa shape index (κ3) is 7.70. The second kappa shape index (κ2) is 13.3. The normalized spacial score (nSPS) is 12.4. The summed E-state index contributed by atoms with van der Waals surface area (Å²) in [5.41, 5.74) is -1.08. The van der Waals surface area contributed by atoms with E-state index in [2.05, 4.69) is 5.32 Å². The number of nitrogens with zero attached hydrogens (tertiary/aromatic N) is 2. The molecule has 0 aliphatic carbocycles. The van der Waals surface area contributed by atoms with Crippen LogP contribution < -0.4 is 14.4 Å². The van der Waals surface area contributed by atoms with Crippen LogP contribution in [0.3, 0.4) is 0 Å². The first-order chi connectivity index (χ1) is 19.3. The summed E-state index contributed by atoms with van der Waals surface area (Å²) in [6.07, 6.45) is -4.81. The van der Waals surface area contributed by atoms with Gasteiger partial charge in [0, 0.05) is 13.1 Å². The van der Waals surface area contributed by atoms with E-state index < -0.39 is 51.9 Å². The van der Waals surface area contributed by atoms with Crippen molar-refractivity contribution in [2.24, 2.45) is 0 Å². The van der Waals surface area contributed by atoms with E-state index in [1.165, 1.54) is 38.3 Å². The molecule has 0 heterocycles. The van der Waals surface area contributed by atoms with E-state index in [1.807, 2.05) is 0 Å². The molecule has 1 atom stereocenters. The number of carbonyl (C=O) groups excluding carboxylic acids is 2.